The molecule has 0 bridgehead atoms. The second-order valence-electron chi connectivity index (χ2n) is 2.44. The van der Waals surface area contributed by atoms with Gasteiger partial charge in [-0.05, 0) is 28.9 Å². The monoisotopic (exact) mass is 246 g/mol. The highest BCUT2D eigenvalue weighted by atomic mass is 79.9. The highest BCUT2D eigenvalue weighted by Crippen LogP contribution is 2.31. The molecule has 70 valence electrons. The van der Waals surface area contributed by atoms with Gasteiger partial charge < -0.3 is 4.84 Å². The van der Waals surface area contributed by atoms with E-state index in [0.29, 0.717) is 15.8 Å². The van der Waals surface area contributed by atoms with E-state index >= 15 is 0 Å². The third kappa shape index (κ3) is 1.96. The van der Waals surface area contributed by atoms with Gasteiger partial charge in [-0.25, -0.2) is 0 Å². The van der Waals surface area contributed by atoms with Gasteiger partial charge in [0.1, 0.15) is 0 Å². The van der Waals surface area contributed by atoms with E-state index in [-0.39, 0.29) is 5.69 Å². The Morgan fingerprint density at radius 3 is 2.69 bits per heavy atom. The van der Waals surface area contributed by atoms with Gasteiger partial charge in [0.25, 0.3) is 5.69 Å². The number of benzene rings is 1. The molecule has 0 aromatic heterocycles. The third-order valence-electron chi connectivity index (χ3n) is 1.57. The van der Waals surface area contributed by atoms with Crippen LogP contribution in [0.1, 0.15) is 5.56 Å². The first-order chi connectivity index (χ1) is 6.06. The molecule has 2 N–H and O–H groups in total. The third-order valence-corrected chi connectivity index (χ3v) is 2.19. The van der Waals surface area contributed by atoms with Crippen molar-refractivity contribution in [2.45, 2.75) is 6.92 Å². The molecular formula is C7H7BrN2O3. The second kappa shape index (κ2) is 3.71. The Morgan fingerprint density at radius 2 is 2.23 bits per heavy atom. The van der Waals surface area contributed by atoms with Crippen LogP contribution < -0.4 is 10.7 Å². The van der Waals surface area contributed by atoms with E-state index in [1.807, 2.05) is 0 Å². The highest BCUT2D eigenvalue weighted by Gasteiger charge is 2.14. The number of rotatable bonds is 2. The van der Waals surface area contributed by atoms with E-state index in [1.54, 1.807) is 6.92 Å². The van der Waals surface area contributed by atoms with Crippen molar-refractivity contribution in [3.05, 3.63) is 32.3 Å². The van der Waals surface area contributed by atoms with Crippen molar-refractivity contribution in [3.63, 3.8) is 0 Å². The van der Waals surface area contributed by atoms with E-state index in [2.05, 4.69) is 20.8 Å². The fourth-order valence-electron chi connectivity index (χ4n) is 0.932. The smallest absolute Gasteiger partial charge is 0.273 e. The first-order valence-electron chi connectivity index (χ1n) is 3.37. The largest absolute Gasteiger partial charge is 0.410 e. The standard InChI is InChI=1S/C7H7BrN2O3/c1-4-2-7(13-9)5(8)3-6(4)10(11)12/h2-3H,9H2,1H3. The lowest BCUT2D eigenvalue weighted by Crippen LogP contribution is -2.03. The molecule has 0 aliphatic heterocycles. The molecule has 0 atom stereocenters. The summed E-state index contributed by atoms with van der Waals surface area (Å²) in [6.07, 6.45) is 0. The molecule has 0 heterocycles. The first-order valence-corrected chi connectivity index (χ1v) is 4.17. The second-order valence-corrected chi connectivity index (χ2v) is 3.30. The molecule has 13 heavy (non-hydrogen) atoms. The summed E-state index contributed by atoms with van der Waals surface area (Å²) in [7, 11) is 0. The van der Waals surface area contributed by atoms with Gasteiger partial charge in [0.2, 0.25) is 0 Å². The number of halogens is 1. The minimum absolute atomic E-state index is 0.0349. The lowest BCUT2D eigenvalue weighted by molar-refractivity contribution is -0.385. The Bertz CT molecular complexity index is 354. The number of aryl methyl sites for hydroxylation is 1. The highest BCUT2D eigenvalue weighted by molar-refractivity contribution is 9.10. The predicted molar refractivity (Wildman–Crippen MR) is 50.3 cm³/mol. The van der Waals surface area contributed by atoms with Crippen LogP contribution in [0.15, 0.2) is 16.6 Å². The van der Waals surface area contributed by atoms with Crippen molar-refractivity contribution in [2.24, 2.45) is 5.90 Å². The zero-order valence-corrected chi connectivity index (χ0v) is 8.37. The number of nitro groups is 1. The van der Waals surface area contributed by atoms with E-state index in [9.17, 15) is 10.1 Å². The fourth-order valence-corrected chi connectivity index (χ4v) is 1.36. The lowest BCUT2D eigenvalue weighted by atomic mass is 10.2. The Labute approximate surface area is 82.7 Å². The van der Waals surface area contributed by atoms with Gasteiger partial charge in [-0.1, -0.05) is 0 Å². The molecule has 0 aliphatic carbocycles. The average Bonchev–Trinajstić information content (AvgIpc) is 2.07. The molecule has 0 saturated carbocycles. The number of nitrogens with two attached hydrogens (primary N) is 1. The molecular weight excluding hydrogens is 240 g/mol. The number of nitro benzene ring substituents is 1. The Morgan fingerprint density at radius 1 is 1.62 bits per heavy atom. The van der Waals surface area contributed by atoms with Crippen molar-refractivity contribution >= 4 is 21.6 Å². The van der Waals surface area contributed by atoms with Gasteiger partial charge in [-0.3, -0.25) is 10.1 Å². The molecule has 5 nitrogen and oxygen atoms in total. The van der Waals surface area contributed by atoms with Crippen LogP contribution in [-0.4, -0.2) is 4.92 Å². The van der Waals surface area contributed by atoms with Crippen molar-refractivity contribution in [1.29, 1.82) is 0 Å². The summed E-state index contributed by atoms with van der Waals surface area (Å²) in [6, 6.07) is 2.86. The molecule has 1 aromatic carbocycles. The lowest BCUT2D eigenvalue weighted by Gasteiger charge is -2.03. The minimum Gasteiger partial charge on any atom is -0.410 e. The van der Waals surface area contributed by atoms with Crippen molar-refractivity contribution < 1.29 is 9.76 Å². The maximum Gasteiger partial charge on any atom is 0.273 e. The molecule has 0 spiro atoms. The van der Waals surface area contributed by atoms with E-state index in [4.69, 9.17) is 5.90 Å². The molecule has 0 radical (unpaired) electrons. The van der Waals surface area contributed by atoms with Crippen LogP contribution in [0.4, 0.5) is 5.69 Å². The summed E-state index contributed by atoms with van der Waals surface area (Å²) in [4.78, 5) is 14.5. The molecule has 0 aliphatic rings. The number of hydrogen-bond acceptors (Lipinski definition) is 4. The van der Waals surface area contributed by atoms with Gasteiger partial charge in [-0.2, -0.15) is 5.90 Å². The van der Waals surface area contributed by atoms with Crippen LogP contribution in [0.2, 0.25) is 0 Å². The summed E-state index contributed by atoms with van der Waals surface area (Å²) in [5, 5.41) is 10.5. The molecule has 1 rings (SSSR count). The van der Waals surface area contributed by atoms with Gasteiger partial charge in [-0.15, -0.1) is 0 Å². The van der Waals surface area contributed by atoms with E-state index in [0.717, 1.165) is 0 Å². The van der Waals surface area contributed by atoms with Gasteiger partial charge in [0.05, 0.1) is 9.40 Å². The zero-order chi connectivity index (χ0) is 10.0. The molecule has 0 amide bonds. The summed E-state index contributed by atoms with van der Waals surface area (Å²) >= 11 is 3.10. The summed E-state index contributed by atoms with van der Waals surface area (Å²) in [6.45, 7) is 1.62. The van der Waals surface area contributed by atoms with Crippen molar-refractivity contribution in [3.8, 4) is 5.75 Å². The summed E-state index contributed by atoms with van der Waals surface area (Å²) in [5.41, 5.74) is 0.543. The van der Waals surface area contributed by atoms with Gasteiger partial charge >= 0.3 is 0 Å². The maximum atomic E-state index is 10.5. The molecule has 0 fully saturated rings. The Balaban J connectivity index is 3.28. The van der Waals surface area contributed by atoms with Crippen LogP contribution >= 0.6 is 15.9 Å². The van der Waals surface area contributed by atoms with Gasteiger partial charge in [0.15, 0.2) is 5.75 Å². The van der Waals surface area contributed by atoms with Crippen LogP contribution in [0.3, 0.4) is 0 Å². The number of nitrogens with zero attached hydrogens (tertiary/aromatic N) is 1. The maximum absolute atomic E-state index is 10.5. The van der Waals surface area contributed by atoms with Gasteiger partial charge in [0, 0.05) is 11.6 Å². The molecule has 6 heteroatoms. The summed E-state index contributed by atoms with van der Waals surface area (Å²) in [5.74, 6) is 5.32. The van der Waals surface area contributed by atoms with Crippen LogP contribution in [0.5, 0.6) is 5.75 Å². The predicted octanol–water partition coefficient (Wildman–Crippen LogP) is 1.92. The molecule has 0 saturated heterocycles. The Kier molecular flexibility index (Phi) is 2.84. The quantitative estimate of drug-likeness (QED) is 0.639. The SMILES string of the molecule is Cc1cc(ON)c(Br)cc1[N+](=O)[O-]. The zero-order valence-electron chi connectivity index (χ0n) is 6.78. The molecule has 1 aromatic rings. The minimum atomic E-state index is -0.458. The summed E-state index contributed by atoms with van der Waals surface area (Å²) < 4.78 is 0.465. The van der Waals surface area contributed by atoms with Crippen LogP contribution in [0, 0.1) is 17.0 Å². The van der Waals surface area contributed by atoms with E-state index in [1.165, 1.54) is 12.1 Å². The normalized spacial score (nSPS) is 9.77. The number of hydrogen-bond donors (Lipinski definition) is 1. The average molecular weight is 247 g/mol. The van der Waals surface area contributed by atoms with Crippen molar-refractivity contribution in [1.82, 2.24) is 0 Å². The fraction of sp³-hybridized carbons (Fsp3) is 0.143. The van der Waals surface area contributed by atoms with Crippen molar-refractivity contribution in [2.75, 3.05) is 0 Å². The van der Waals surface area contributed by atoms with Crippen LogP contribution in [0.25, 0.3) is 0 Å². The topological polar surface area (TPSA) is 78.4 Å². The van der Waals surface area contributed by atoms with E-state index < -0.39 is 4.92 Å². The Hall–Kier alpha value is -1.14. The molecule has 0 unspecified atom stereocenters. The first kappa shape index (κ1) is 9.94. The van der Waals surface area contributed by atoms with Crippen LogP contribution in [-0.2, 0) is 0 Å².